The van der Waals surface area contributed by atoms with Gasteiger partial charge in [0.25, 0.3) is 0 Å². The minimum atomic E-state index is -0.233. The van der Waals surface area contributed by atoms with E-state index < -0.39 is 0 Å². The second-order valence-corrected chi connectivity index (χ2v) is 2.69. The van der Waals surface area contributed by atoms with E-state index in [2.05, 4.69) is 5.32 Å². The van der Waals surface area contributed by atoms with Crippen LogP contribution in [0.2, 0.25) is 0 Å². The first kappa shape index (κ1) is 7.79. The molecule has 1 N–H and O–H groups in total. The third-order valence-electron chi connectivity index (χ3n) is 1.80. The van der Waals surface area contributed by atoms with Gasteiger partial charge in [0.15, 0.2) is 5.76 Å². The van der Waals surface area contributed by atoms with Crippen LogP contribution in [0.5, 0.6) is 0 Å². The average Bonchev–Trinajstić information content (AvgIpc) is 2.72. The molecule has 13 heavy (non-hydrogen) atoms. The lowest BCUT2D eigenvalue weighted by molar-refractivity contribution is -0.115. The summed E-state index contributed by atoms with van der Waals surface area (Å²) in [6, 6.07) is 3.21. The van der Waals surface area contributed by atoms with Gasteiger partial charge in [-0.1, -0.05) is 0 Å². The highest BCUT2D eigenvalue weighted by Crippen LogP contribution is 2.10. The molecule has 2 heterocycles. The lowest BCUT2D eigenvalue weighted by atomic mass is 10.1. The summed E-state index contributed by atoms with van der Waals surface area (Å²) in [5, 5.41) is 2.52. The van der Waals surface area contributed by atoms with Gasteiger partial charge in [0.1, 0.15) is 0 Å². The number of hydrogen-bond acceptors (Lipinski definition) is 3. The molecule has 0 atom stereocenters. The molecule has 4 heteroatoms. The highest BCUT2D eigenvalue weighted by Gasteiger charge is 2.20. The van der Waals surface area contributed by atoms with Crippen LogP contribution in [-0.2, 0) is 4.79 Å². The second-order valence-electron chi connectivity index (χ2n) is 2.69. The Morgan fingerprint density at radius 3 is 2.92 bits per heavy atom. The number of hydrogen-bond donors (Lipinski definition) is 1. The van der Waals surface area contributed by atoms with E-state index in [1.165, 1.54) is 12.3 Å². The topological polar surface area (TPSA) is 59.3 Å². The van der Waals surface area contributed by atoms with Crippen LogP contribution in [0, 0.1) is 0 Å². The maximum absolute atomic E-state index is 11.5. The van der Waals surface area contributed by atoms with Crippen LogP contribution in [-0.4, -0.2) is 18.2 Å². The highest BCUT2D eigenvalue weighted by atomic mass is 16.3. The fourth-order valence-electron chi connectivity index (χ4n) is 1.15. The molecule has 0 aliphatic carbocycles. The van der Waals surface area contributed by atoms with Gasteiger partial charge in [-0.05, 0) is 12.1 Å². The summed E-state index contributed by atoms with van der Waals surface area (Å²) in [7, 11) is 0. The summed E-state index contributed by atoms with van der Waals surface area (Å²) in [6.45, 7) is 0.290. The van der Waals surface area contributed by atoms with Gasteiger partial charge in [-0.25, -0.2) is 0 Å². The molecule has 66 valence electrons. The van der Waals surface area contributed by atoms with Crippen molar-refractivity contribution in [3.05, 3.63) is 35.8 Å². The van der Waals surface area contributed by atoms with Gasteiger partial charge >= 0.3 is 0 Å². The molecule has 0 aromatic carbocycles. The summed E-state index contributed by atoms with van der Waals surface area (Å²) in [4.78, 5) is 22.3. The third-order valence-corrected chi connectivity index (χ3v) is 1.80. The molecule has 1 aromatic heterocycles. The number of furan rings is 1. The quantitative estimate of drug-likeness (QED) is 0.670. The van der Waals surface area contributed by atoms with Crippen molar-refractivity contribution < 1.29 is 14.0 Å². The Bertz CT molecular complexity index is 376. The standard InChI is InChI=1S/C9H7NO3/c11-8-4-6(5-10-8)9(12)7-2-1-3-13-7/h1-4H,5H2,(H,10,11). The summed E-state index contributed by atoms with van der Waals surface area (Å²) in [6.07, 6.45) is 2.73. The van der Waals surface area contributed by atoms with Gasteiger partial charge in [0, 0.05) is 18.2 Å². The molecular formula is C9H7NO3. The van der Waals surface area contributed by atoms with Gasteiger partial charge in [-0.2, -0.15) is 0 Å². The maximum Gasteiger partial charge on any atom is 0.244 e. The van der Waals surface area contributed by atoms with E-state index in [4.69, 9.17) is 4.42 Å². The SMILES string of the molecule is O=C1C=C(C(=O)c2ccco2)CN1. The first-order valence-corrected chi connectivity index (χ1v) is 3.84. The predicted molar refractivity (Wildman–Crippen MR) is 44.1 cm³/mol. The lowest BCUT2D eigenvalue weighted by Crippen LogP contribution is -2.16. The molecule has 0 fully saturated rings. The Hall–Kier alpha value is -1.84. The monoisotopic (exact) mass is 177 g/mol. The maximum atomic E-state index is 11.5. The van der Waals surface area contributed by atoms with Gasteiger partial charge in [0.05, 0.1) is 6.26 Å². The summed E-state index contributed by atoms with van der Waals surface area (Å²) in [5.41, 5.74) is 0.444. The molecule has 0 spiro atoms. The second kappa shape index (κ2) is 2.90. The molecule has 0 bridgehead atoms. The molecule has 2 rings (SSSR count). The number of carbonyl (C=O) groups is 2. The van der Waals surface area contributed by atoms with Gasteiger partial charge in [-0.15, -0.1) is 0 Å². The van der Waals surface area contributed by atoms with E-state index in [0.29, 0.717) is 12.1 Å². The van der Waals surface area contributed by atoms with E-state index in [0.717, 1.165) is 0 Å². The van der Waals surface area contributed by atoms with Crippen LogP contribution in [0.15, 0.2) is 34.5 Å². The molecule has 0 saturated heterocycles. The Morgan fingerprint density at radius 2 is 2.38 bits per heavy atom. The van der Waals surface area contributed by atoms with Crippen molar-refractivity contribution in [2.24, 2.45) is 0 Å². The largest absolute Gasteiger partial charge is 0.461 e. The molecular weight excluding hydrogens is 170 g/mol. The Balaban J connectivity index is 2.24. The van der Waals surface area contributed by atoms with Crippen LogP contribution >= 0.6 is 0 Å². The number of nitrogens with one attached hydrogen (secondary N) is 1. The molecule has 1 aliphatic heterocycles. The first-order valence-electron chi connectivity index (χ1n) is 3.84. The third kappa shape index (κ3) is 1.38. The molecule has 0 saturated carbocycles. The van der Waals surface area contributed by atoms with E-state index >= 15 is 0 Å². The van der Waals surface area contributed by atoms with E-state index in [9.17, 15) is 9.59 Å². The molecule has 1 aromatic rings. The number of carbonyl (C=O) groups excluding carboxylic acids is 2. The van der Waals surface area contributed by atoms with Gasteiger partial charge < -0.3 is 9.73 Å². The zero-order valence-electron chi connectivity index (χ0n) is 6.74. The van der Waals surface area contributed by atoms with Crippen LogP contribution < -0.4 is 5.32 Å². The minimum Gasteiger partial charge on any atom is -0.461 e. The van der Waals surface area contributed by atoms with Crippen molar-refractivity contribution in [3.8, 4) is 0 Å². The van der Waals surface area contributed by atoms with Crippen LogP contribution in [0.25, 0.3) is 0 Å². The molecule has 4 nitrogen and oxygen atoms in total. The smallest absolute Gasteiger partial charge is 0.244 e. The lowest BCUT2D eigenvalue weighted by Gasteiger charge is -1.95. The van der Waals surface area contributed by atoms with Crippen molar-refractivity contribution >= 4 is 11.7 Å². The highest BCUT2D eigenvalue weighted by molar-refractivity contribution is 6.12. The average molecular weight is 177 g/mol. The summed E-state index contributed by atoms with van der Waals surface area (Å²) >= 11 is 0. The van der Waals surface area contributed by atoms with Crippen LogP contribution in [0.3, 0.4) is 0 Å². The van der Waals surface area contributed by atoms with Crippen LogP contribution in [0.1, 0.15) is 10.6 Å². The minimum absolute atomic E-state index is 0.227. The van der Waals surface area contributed by atoms with Crippen molar-refractivity contribution in [1.82, 2.24) is 5.32 Å². The van der Waals surface area contributed by atoms with Crippen molar-refractivity contribution in [2.75, 3.05) is 6.54 Å². The van der Waals surface area contributed by atoms with Crippen LogP contribution in [0.4, 0.5) is 0 Å². The van der Waals surface area contributed by atoms with Crippen molar-refractivity contribution in [2.45, 2.75) is 0 Å². The van der Waals surface area contributed by atoms with E-state index in [1.54, 1.807) is 12.1 Å². The zero-order chi connectivity index (χ0) is 9.26. The summed E-state index contributed by atoms with van der Waals surface area (Å²) < 4.78 is 4.91. The van der Waals surface area contributed by atoms with E-state index in [-0.39, 0.29) is 17.5 Å². The zero-order valence-corrected chi connectivity index (χ0v) is 6.74. The number of amides is 1. The molecule has 0 radical (unpaired) electrons. The van der Waals surface area contributed by atoms with Crippen molar-refractivity contribution in [1.29, 1.82) is 0 Å². The van der Waals surface area contributed by atoms with E-state index in [1.807, 2.05) is 0 Å². The predicted octanol–water partition coefficient (Wildman–Crippen LogP) is 0.518. The Morgan fingerprint density at radius 1 is 1.54 bits per heavy atom. The number of ketones is 1. The number of rotatable bonds is 2. The summed E-state index contributed by atoms with van der Waals surface area (Å²) in [5.74, 6) is -0.194. The van der Waals surface area contributed by atoms with Gasteiger partial charge in [-0.3, -0.25) is 9.59 Å². The normalized spacial score (nSPS) is 15.4. The Labute approximate surface area is 74.2 Å². The fourth-order valence-corrected chi connectivity index (χ4v) is 1.15. The van der Waals surface area contributed by atoms with Gasteiger partial charge in [0.2, 0.25) is 11.7 Å². The number of Topliss-reactive ketones (excluding diaryl/α,β-unsaturated/α-hetero) is 1. The Kier molecular flexibility index (Phi) is 1.73. The molecule has 1 aliphatic rings. The first-order chi connectivity index (χ1) is 6.27. The van der Waals surface area contributed by atoms with Crippen molar-refractivity contribution in [3.63, 3.8) is 0 Å². The fraction of sp³-hybridized carbons (Fsp3) is 0.111. The molecule has 1 amide bonds. The molecule has 0 unspecified atom stereocenters.